The average Bonchev–Trinajstić information content (AvgIpc) is 2.70. The fourth-order valence-electron chi connectivity index (χ4n) is 2.97. The van der Waals surface area contributed by atoms with E-state index in [0.29, 0.717) is 0 Å². The average molecular weight is 323 g/mol. The lowest BCUT2D eigenvalue weighted by molar-refractivity contribution is 1.32. The van der Waals surface area contributed by atoms with Crippen LogP contribution >= 0.6 is 0 Å². The lowest BCUT2D eigenvalue weighted by atomic mass is 9.92. The molecule has 2 heterocycles. The molecule has 3 heteroatoms. The van der Waals surface area contributed by atoms with E-state index < -0.39 is 0 Å². The topological polar surface area (TPSA) is 51.8 Å². The SMILES string of the molecule is Nc1c(-c2cccnc2)cc(-c2ccccc2)cc1-c1cccnc1. The van der Waals surface area contributed by atoms with Crippen molar-refractivity contribution in [2.45, 2.75) is 0 Å². The molecule has 0 saturated heterocycles. The number of nitrogens with two attached hydrogens (primary N) is 1. The predicted molar refractivity (Wildman–Crippen MR) is 103 cm³/mol. The van der Waals surface area contributed by atoms with Crippen LogP contribution in [0.15, 0.2) is 91.5 Å². The highest BCUT2D eigenvalue weighted by atomic mass is 14.6. The molecular weight excluding hydrogens is 306 g/mol. The zero-order valence-electron chi connectivity index (χ0n) is 13.6. The molecule has 0 amide bonds. The van der Waals surface area contributed by atoms with Gasteiger partial charge in [-0.2, -0.15) is 0 Å². The predicted octanol–water partition coefficient (Wildman–Crippen LogP) is 5.06. The van der Waals surface area contributed by atoms with Gasteiger partial charge < -0.3 is 5.73 Å². The Hall–Kier alpha value is -3.46. The third-order valence-electron chi connectivity index (χ3n) is 4.23. The van der Waals surface area contributed by atoms with Gasteiger partial charge in [0.2, 0.25) is 0 Å². The van der Waals surface area contributed by atoms with Crippen LogP contribution < -0.4 is 5.73 Å². The monoisotopic (exact) mass is 323 g/mol. The van der Waals surface area contributed by atoms with Crippen LogP contribution in [0.2, 0.25) is 0 Å². The molecule has 120 valence electrons. The number of hydrogen-bond acceptors (Lipinski definition) is 3. The van der Waals surface area contributed by atoms with Gasteiger partial charge in [0, 0.05) is 52.7 Å². The molecule has 2 aromatic heterocycles. The smallest absolute Gasteiger partial charge is 0.0474 e. The first-order valence-electron chi connectivity index (χ1n) is 8.12. The molecule has 3 nitrogen and oxygen atoms in total. The molecule has 0 saturated carbocycles. The van der Waals surface area contributed by atoms with E-state index in [-0.39, 0.29) is 0 Å². The van der Waals surface area contributed by atoms with Crippen molar-refractivity contribution in [1.82, 2.24) is 9.97 Å². The largest absolute Gasteiger partial charge is 0.398 e. The van der Waals surface area contributed by atoms with E-state index in [2.05, 4.69) is 34.2 Å². The van der Waals surface area contributed by atoms with Gasteiger partial charge in [-0.25, -0.2) is 0 Å². The van der Waals surface area contributed by atoms with Gasteiger partial charge in [-0.3, -0.25) is 9.97 Å². The summed E-state index contributed by atoms with van der Waals surface area (Å²) in [4.78, 5) is 8.48. The standard InChI is InChI=1S/C22H17N3/c23-22-20(17-8-4-10-24-14-17)12-19(16-6-2-1-3-7-16)13-21(22)18-9-5-11-25-15-18/h1-15H,23H2. The molecule has 0 bridgehead atoms. The number of hydrogen-bond donors (Lipinski definition) is 1. The Bertz CT molecular complexity index is 921. The van der Waals surface area contributed by atoms with Crippen molar-refractivity contribution in [3.05, 3.63) is 91.5 Å². The second kappa shape index (κ2) is 6.57. The number of aromatic nitrogens is 2. The zero-order chi connectivity index (χ0) is 17.1. The van der Waals surface area contributed by atoms with E-state index in [1.54, 1.807) is 12.4 Å². The zero-order valence-corrected chi connectivity index (χ0v) is 13.6. The van der Waals surface area contributed by atoms with Crippen LogP contribution in [-0.2, 0) is 0 Å². The Morgan fingerprint density at radius 3 is 1.56 bits per heavy atom. The second-order valence-electron chi connectivity index (χ2n) is 5.83. The van der Waals surface area contributed by atoms with Crippen molar-refractivity contribution < 1.29 is 0 Å². The lowest BCUT2D eigenvalue weighted by Crippen LogP contribution is -1.96. The van der Waals surface area contributed by atoms with Crippen molar-refractivity contribution >= 4 is 5.69 Å². The van der Waals surface area contributed by atoms with Gasteiger partial charge in [0.25, 0.3) is 0 Å². The first kappa shape index (κ1) is 15.1. The number of nitrogen functional groups attached to an aromatic ring is 1. The van der Waals surface area contributed by atoms with E-state index >= 15 is 0 Å². The molecule has 0 unspecified atom stereocenters. The molecule has 2 aromatic carbocycles. The third kappa shape index (κ3) is 3.00. The summed E-state index contributed by atoms with van der Waals surface area (Å²) in [5, 5.41) is 0. The van der Waals surface area contributed by atoms with Crippen LogP contribution in [0.5, 0.6) is 0 Å². The summed E-state index contributed by atoms with van der Waals surface area (Å²) in [6, 6.07) is 22.5. The first-order valence-corrected chi connectivity index (χ1v) is 8.12. The molecule has 2 N–H and O–H groups in total. The number of nitrogens with zero attached hydrogens (tertiary/aromatic N) is 2. The third-order valence-corrected chi connectivity index (χ3v) is 4.23. The van der Waals surface area contributed by atoms with Gasteiger partial charge in [0.05, 0.1) is 0 Å². The van der Waals surface area contributed by atoms with Crippen LogP contribution in [0, 0.1) is 0 Å². The number of anilines is 1. The van der Waals surface area contributed by atoms with Crippen molar-refractivity contribution in [2.24, 2.45) is 0 Å². The highest BCUT2D eigenvalue weighted by molar-refractivity contribution is 5.92. The molecule has 0 aliphatic carbocycles. The summed E-state index contributed by atoms with van der Waals surface area (Å²) in [5.74, 6) is 0. The van der Waals surface area contributed by atoms with Gasteiger partial charge in [-0.05, 0) is 35.4 Å². The van der Waals surface area contributed by atoms with Gasteiger partial charge in [-0.1, -0.05) is 42.5 Å². The fourth-order valence-corrected chi connectivity index (χ4v) is 2.97. The van der Waals surface area contributed by atoms with E-state index in [9.17, 15) is 0 Å². The minimum absolute atomic E-state index is 0.737. The van der Waals surface area contributed by atoms with Gasteiger partial charge >= 0.3 is 0 Å². The van der Waals surface area contributed by atoms with Gasteiger partial charge in [0.15, 0.2) is 0 Å². The maximum absolute atomic E-state index is 6.54. The van der Waals surface area contributed by atoms with Gasteiger partial charge in [-0.15, -0.1) is 0 Å². The highest BCUT2D eigenvalue weighted by Crippen LogP contribution is 2.38. The molecule has 0 fully saturated rings. The molecule has 4 rings (SSSR count). The van der Waals surface area contributed by atoms with Crippen molar-refractivity contribution in [1.29, 1.82) is 0 Å². The van der Waals surface area contributed by atoms with E-state index in [0.717, 1.165) is 39.1 Å². The molecule has 0 atom stereocenters. The Kier molecular flexibility index (Phi) is 3.97. The molecule has 0 spiro atoms. The number of rotatable bonds is 3. The van der Waals surface area contributed by atoms with Crippen molar-refractivity contribution in [3.63, 3.8) is 0 Å². The normalized spacial score (nSPS) is 10.6. The summed E-state index contributed by atoms with van der Waals surface area (Å²) >= 11 is 0. The summed E-state index contributed by atoms with van der Waals surface area (Å²) in [5.41, 5.74) is 13.5. The molecule has 4 aromatic rings. The molecule has 0 aliphatic rings. The first-order chi connectivity index (χ1) is 12.3. The number of benzene rings is 2. The second-order valence-corrected chi connectivity index (χ2v) is 5.83. The summed E-state index contributed by atoms with van der Waals surface area (Å²) in [6.07, 6.45) is 7.21. The minimum Gasteiger partial charge on any atom is -0.398 e. The van der Waals surface area contributed by atoms with Crippen LogP contribution in [0.3, 0.4) is 0 Å². The van der Waals surface area contributed by atoms with E-state index in [1.807, 2.05) is 54.9 Å². The molecule has 0 radical (unpaired) electrons. The summed E-state index contributed by atoms with van der Waals surface area (Å²) in [7, 11) is 0. The Morgan fingerprint density at radius 2 is 1.08 bits per heavy atom. The number of pyridine rings is 2. The molecule has 0 aliphatic heterocycles. The summed E-state index contributed by atoms with van der Waals surface area (Å²) < 4.78 is 0. The van der Waals surface area contributed by atoms with E-state index in [4.69, 9.17) is 5.73 Å². The fraction of sp³-hybridized carbons (Fsp3) is 0. The van der Waals surface area contributed by atoms with Gasteiger partial charge in [0.1, 0.15) is 0 Å². The Balaban J connectivity index is 1.98. The molecule has 25 heavy (non-hydrogen) atoms. The lowest BCUT2D eigenvalue weighted by Gasteiger charge is -2.15. The highest BCUT2D eigenvalue weighted by Gasteiger charge is 2.13. The van der Waals surface area contributed by atoms with Crippen molar-refractivity contribution in [3.8, 4) is 33.4 Å². The van der Waals surface area contributed by atoms with E-state index in [1.165, 1.54) is 0 Å². The maximum atomic E-state index is 6.54. The van der Waals surface area contributed by atoms with Crippen LogP contribution in [-0.4, -0.2) is 9.97 Å². The Morgan fingerprint density at radius 1 is 0.560 bits per heavy atom. The van der Waals surface area contributed by atoms with Crippen LogP contribution in [0.1, 0.15) is 0 Å². The summed E-state index contributed by atoms with van der Waals surface area (Å²) in [6.45, 7) is 0. The quantitative estimate of drug-likeness (QED) is 0.536. The van der Waals surface area contributed by atoms with Crippen LogP contribution in [0.4, 0.5) is 5.69 Å². The maximum Gasteiger partial charge on any atom is 0.0474 e. The van der Waals surface area contributed by atoms with Crippen molar-refractivity contribution in [2.75, 3.05) is 5.73 Å². The minimum atomic E-state index is 0.737. The molecular formula is C22H17N3. The van der Waals surface area contributed by atoms with Crippen LogP contribution in [0.25, 0.3) is 33.4 Å². The Labute approximate surface area is 146 Å².